The molecule has 0 fully saturated rings. The summed E-state index contributed by atoms with van der Waals surface area (Å²) in [5.41, 5.74) is 11.9. The maximum Gasteiger partial charge on any atom is 0.128 e. The summed E-state index contributed by atoms with van der Waals surface area (Å²) in [4.78, 5) is 0. The van der Waals surface area contributed by atoms with Crippen LogP contribution in [0.25, 0.3) is 0 Å². The van der Waals surface area contributed by atoms with Crippen molar-refractivity contribution in [2.45, 2.75) is 46.1 Å². The van der Waals surface area contributed by atoms with Gasteiger partial charge in [0.25, 0.3) is 0 Å². The summed E-state index contributed by atoms with van der Waals surface area (Å²) < 4.78 is 14.1. The minimum absolute atomic E-state index is 0.228. The highest BCUT2D eigenvalue weighted by Gasteiger charge is 2.19. The van der Waals surface area contributed by atoms with Gasteiger partial charge in [-0.1, -0.05) is 51.1 Å². The van der Waals surface area contributed by atoms with Crippen molar-refractivity contribution in [1.82, 2.24) is 0 Å². The second kappa shape index (κ2) is 6.86. The lowest BCUT2D eigenvalue weighted by atomic mass is 9.86. The Morgan fingerprint density at radius 3 is 2.00 bits per heavy atom. The van der Waals surface area contributed by atoms with Crippen LogP contribution < -0.4 is 5.73 Å². The first-order chi connectivity index (χ1) is 10.1. The zero-order valence-corrected chi connectivity index (χ0v) is 13.1. The molecular weight excluding hydrogens is 261 g/mol. The monoisotopic (exact) mass is 285 g/mol. The summed E-state index contributed by atoms with van der Waals surface area (Å²) in [6, 6.07) is 10.8. The number of benzene rings is 2. The summed E-state index contributed by atoms with van der Waals surface area (Å²) in [6.45, 7) is 6.42. The van der Waals surface area contributed by atoms with E-state index >= 15 is 0 Å². The van der Waals surface area contributed by atoms with Crippen LogP contribution >= 0.6 is 0 Å². The van der Waals surface area contributed by atoms with Crippen molar-refractivity contribution in [2.75, 3.05) is 0 Å². The molecular formula is C19H24FN. The van der Waals surface area contributed by atoms with Crippen LogP contribution in [0.3, 0.4) is 0 Å². The van der Waals surface area contributed by atoms with Crippen LogP contribution in [-0.4, -0.2) is 0 Å². The Morgan fingerprint density at radius 1 is 0.952 bits per heavy atom. The molecule has 1 atom stereocenters. The van der Waals surface area contributed by atoms with Crippen molar-refractivity contribution in [3.63, 3.8) is 0 Å². The van der Waals surface area contributed by atoms with Gasteiger partial charge in [-0.2, -0.15) is 0 Å². The van der Waals surface area contributed by atoms with Crippen molar-refractivity contribution >= 4 is 0 Å². The van der Waals surface area contributed by atoms with Gasteiger partial charge in [-0.05, 0) is 47.6 Å². The molecule has 0 aliphatic carbocycles. The molecule has 0 saturated carbocycles. The zero-order valence-electron chi connectivity index (χ0n) is 13.1. The molecule has 0 saturated heterocycles. The summed E-state index contributed by atoms with van der Waals surface area (Å²) in [5, 5.41) is 0. The van der Waals surface area contributed by atoms with Gasteiger partial charge in [0, 0.05) is 5.56 Å². The van der Waals surface area contributed by atoms with Gasteiger partial charge in [-0.3, -0.25) is 0 Å². The molecule has 2 rings (SSSR count). The topological polar surface area (TPSA) is 26.0 Å². The Balaban J connectivity index is 2.59. The van der Waals surface area contributed by atoms with E-state index in [0.717, 1.165) is 24.8 Å². The molecule has 0 spiro atoms. The van der Waals surface area contributed by atoms with E-state index in [1.165, 1.54) is 22.8 Å². The zero-order chi connectivity index (χ0) is 15.4. The van der Waals surface area contributed by atoms with Gasteiger partial charge in [0.2, 0.25) is 0 Å². The smallest absolute Gasteiger partial charge is 0.128 e. The van der Waals surface area contributed by atoms with Crippen molar-refractivity contribution in [2.24, 2.45) is 5.73 Å². The summed E-state index contributed by atoms with van der Waals surface area (Å²) >= 11 is 0. The number of hydrogen-bond acceptors (Lipinski definition) is 1. The first kappa shape index (κ1) is 15.7. The molecule has 0 aliphatic rings. The summed E-state index contributed by atoms with van der Waals surface area (Å²) in [5.74, 6) is -0.228. The molecule has 0 aromatic heterocycles. The van der Waals surface area contributed by atoms with E-state index in [2.05, 4.69) is 32.9 Å². The van der Waals surface area contributed by atoms with Gasteiger partial charge in [0.05, 0.1) is 6.04 Å². The van der Waals surface area contributed by atoms with Crippen LogP contribution in [0.1, 0.15) is 54.6 Å². The minimum Gasteiger partial charge on any atom is -0.320 e. The highest BCUT2D eigenvalue weighted by atomic mass is 19.1. The van der Waals surface area contributed by atoms with Gasteiger partial charge < -0.3 is 5.73 Å². The van der Waals surface area contributed by atoms with Gasteiger partial charge in [0.1, 0.15) is 5.82 Å². The van der Waals surface area contributed by atoms with Gasteiger partial charge >= 0.3 is 0 Å². The SMILES string of the molecule is CCc1cc(CC)c(C(N)c2ccccc2F)c(CC)c1. The van der Waals surface area contributed by atoms with E-state index in [1.54, 1.807) is 12.1 Å². The van der Waals surface area contributed by atoms with Crippen molar-refractivity contribution < 1.29 is 4.39 Å². The molecule has 2 heteroatoms. The van der Waals surface area contributed by atoms with Crippen LogP contribution in [0, 0.1) is 5.82 Å². The number of halogens is 1. The quantitative estimate of drug-likeness (QED) is 0.856. The van der Waals surface area contributed by atoms with Gasteiger partial charge in [-0.15, -0.1) is 0 Å². The van der Waals surface area contributed by atoms with Crippen LogP contribution in [0.5, 0.6) is 0 Å². The maximum atomic E-state index is 14.1. The molecule has 0 radical (unpaired) electrons. The van der Waals surface area contributed by atoms with E-state index in [1.807, 2.05) is 6.07 Å². The Morgan fingerprint density at radius 2 is 1.52 bits per heavy atom. The van der Waals surface area contributed by atoms with E-state index in [-0.39, 0.29) is 5.82 Å². The van der Waals surface area contributed by atoms with Gasteiger partial charge in [0.15, 0.2) is 0 Å². The van der Waals surface area contributed by atoms with Crippen molar-refractivity contribution in [3.8, 4) is 0 Å². The summed E-state index contributed by atoms with van der Waals surface area (Å²) in [6.07, 6.45) is 2.84. The van der Waals surface area contributed by atoms with Crippen molar-refractivity contribution in [3.05, 3.63) is 70.0 Å². The van der Waals surface area contributed by atoms with Crippen LogP contribution in [0.15, 0.2) is 36.4 Å². The lowest BCUT2D eigenvalue weighted by Gasteiger charge is -2.22. The Hall–Kier alpha value is -1.67. The lowest BCUT2D eigenvalue weighted by molar-refractivity contribution is 0.598. The number of hydrogen-bond donors (Lipinski definition) is 1. The highest BCUT2D eigenvalue weighted by Crippen LogP contribution is 2.30. The Bertz CT molecular complexity index is 594. The second-order valence-electron chi connectivity index (χ2n) is 5.39. The first-order valence-corrected chi connectivity index (χ1v) is 7.76. The highest BCUT2D eigenvalue weighted by molar-refractivity contribution is 5.45. The third-order valence-electron chi connectivity index (χ3n) is 4.13. The Labute approximate surface area is 127 Å². The van der Waals surface area contributed by atoms with Gasteiger partial charge in [-0.25, -0.2) is 4.39 Å². The molecule has 2 aromatic rings. The normalized spacial score (nSPS) is 12.4. The number of aryl methyl sites for hydroxylation is 3. The second-order valence-corrected chi connectivity index (χ2v) is 5.39. The van der Waals surface area contributed by atoms with E-state index in [4.69, 9.17) is 5.73 Å². The summed E-state index contributed by atoms with van der Waals surface area (Å²) in [7, 11) is 0. The van der Waals surface area contributed by atoms with E-state index in [9.17, 15) is 4.39 Å². The number of rotatable bonds is 5. The fraction of sp³-hybridized carbons (Fsp3) is 0.368. The average molecular weight is 285 g/mol. The molecule has 21 heavy (non-hydrogen) atoms. The fourth-order valence-electron chi connectivity index (χ4n) is 2.92. The average Bonchev–Trinajstić information content (AvgIpc) is 2.53. The minimum atomic E-state index is -0.401. The predicted octanol–water partition coefficient (Wildman–Crippen LogP) is 4.56. The molecule has 0 heterocycles. The molecule has 1 unspecified atom stereocenters. The standard InChI is InChI=1S/C19H24FN/c1-4-13-11-14(5-2)18(15(6-3)12-13)19(21)16-9-7-8-10-17(16)20/h7-12,19H,4-6,21H2,1-3H3. The number of nitrogens with two attached hydrogens (primary N) is 1. The predicted molar refractivity (Wildman–Crippen MR) is 87.0 cm³/mol. The lowest BCUT2D eigenvalue weighted by Crippen LogP contribution is -2.18. The van der Waals surface area contributed by atoms with Crippen LogP contribution in [0.2, 0.25) is 0 Å². The third-order valence-corrected chi connectivity index (χ3v) is 4.13. The molecule has 2 aromatic carbocycles. The molecule has 1 nitrogen and oxygen atoms in total. The molecule has 2 N–H and O–H groups in total. The molecule has 112 valence electrons. The fourth-order valence-corrected chi connectivity index (χ4v) is 2.92. The maximum absolute atomic E-state index is 14.1. The van der Waals surface area contributed by atoms with Crippen molar-refractivity contribution in [1.29, 1.82) is 0 Å². The molecule has 0 bridgehead atoms. The van der Waals surface area contributed by atoms with Crippen LogP contribution in [0.4, 0.5) is 4.39 Å². The van der Waals surface area contributed by atoms with E-state index in [0.29, 0.717) is 5.56 Å². The Kier molecular flexibility index (Phi) is 5.13. The molecule has 0 amide bonds. The molecule has 0 aliphatic heterocycles. The van der Waals surface area contributed by atoms with Crippen LogP contribution in [-0.2, 0) is 19.3 Å². The first-order valence-electron chi connectivity index (χ1n) is 7.76. The largest absolute Gasteiger partial charge is 0.320 e. The third kappa shape index (κ3) is 3.16. The van der Waals surface area contributed by atoms with E-state index < -0.39 is 6.04 Å².